The first-order valence-corrected chi connectivity index (χ1v) is 6.33. The molecule has 0 aliphatic rings. The van der Waals surface area contributed by atoms with Gasteiger partial charge >= 0.3 is 6.18 Å². The Kier molecular flexibility index (Phi) is 3.43. The average molecular weight is 271 g/mol. The molecule has 5 heteroatoms. The normalized spacial score (nSPS) is 11.8. The molecule has 0 aliphatic heterocycles. The Labute approximate surface area is 107 Å². The van der Waals surface area contributed by atoms with Crippen LogP contribution in [0.2, 0.25) is 0 Å². The summed E-state index contributed by atoms with van der Waals surface area (Å²) in [5.41, 5.74) is 2.52. The van der Waals surface area contributed by atoms with E-state index in [1.165, 1.54) is 6.92 Å². The van der Waals surface area contributed by atoms with Gasteiger partial charge < -0.3 is 0 Å². The van der Waals surface area contributed by atoms with E-state index in [1.807, 2.05) is 31.2 Å². The number of rotatable bonds is 2. The van der Waals surface area contributed by atoms with Crippen LogP contribution in [0.3, 0.4) is 0 Å². The molecular weight excluding hydrogens is 259 g/mol. The molecule has 0 radical (unpaired) electrons. The molecule has 0 spiro atoms. The van der Waals surface area contributed by atoms with Crippen LogP contribution in [0, 0.1) is 6.92 Å². The third-order valence-corrected chi connectivity index (χ3v) is 3.81. The Morgan fingerprint density at radius 1 is 1.17 bits per heavy atom. The zero-order valence-electron chi connectivity index (χ0n) is 10.0. The number of aromatic nitrogens is 1. The summed E-state index contributed by atoms with van der Waals surface area (Å²) < 4.78 is 41.9. The Bertz CT molecular complexity index is 540. The van der Waals surface area contributed by atoms with Crippen molar-refractivity contribution in [3.63, 3.8) is 0 Å². The number of hydrogen-bond donors (Lipinski definition) is 0. The van der Waals surface area contributed by atoms with Gasteiger partial charge in [0.15, 0.2) is 0 Å². The second kappa shape index (κ2) is 4.72. The van der Waals surface area contributed by atoms with Crippen LogP contribution in [-0.4, -0.2) is 4.37 Å². The van der Waals surface area contributed by atoms with E-state index in [0.29, 0.717) is 17.2 Å². The van der Waals surface area contributed by atoms with E-state index in [1.54, 1.807) is 0 Å². The molecule has 0 amide bonds. The summed E-state index contributed by atoms with van der Waals surface area (Å²) in [5, 5.41) is 0. The van der Waals surface area contributed by atoms with Gasteiger partial charge in [0.05, 0.1) is 5.69 Å². The van der Waals surface area contributed by atoms with Crippen molar-refractivity contribution in [2.24, 2.45) is 0 Å². The number of hydrogen-bond acceptors (Lipinski definition) is 2. The van der Waals surface area contributed by atoms with Crippen molar-refractivity contribution in [3.8, 4) is 11.3 Å². The number of benzene rings is 1. The van der Waals surface area contributed by atoms with Crippen molar-refractivity contribution in [2.45, 2.75) is 26.4 Å². The van der Waals surface area contributed by atoms with Gasteiger partial charge in [0, 0.05) is 11.1 Å². The van der Waals surface area contributed by atoms with Gasteiger partial charge in [-0.3, -0.25) is 0 Å². The Morgan fingerprint density at radius 2 is 1.78 bits per heavy atom. The smallest absolute Gasteiger partial charge is 0.192 e. The Hall–Kier alpha value is -1.36. The summed E-state index contributed by atoms with van der Waals surface area (Å²) in [4.78, 5) is -0.614. The standard InChI is InChI=1S/C13H12F3NS/c1-3-9-4-6-10(7-5-9)11-8(2)12(18-17-11)13(14,15)16/h4-7H,3H2,1-2H3. The molecular formula is C13H12F3NS. The minimum Gasteiger partial charge on any atom is -0.192 e. The third kappa shape index (κ3) is 2.41. The largest absolute Gasteiger partial charge is 0.427 e. The van der Waals surface area contributed by atoms with Gasteiger partial charge in [-0.05, 0) is 30.4 Å². The lowest BCUT2D eigenvalue weighted by molar-refractivity contribution is -0.134. The van der Waals surface area contributed by atoms with Gasteiger partial charge in [-0.15, -0.1) is 0 Å². The van der Waals surface area contributed by atoms with Gasteiger partial charge in [0.2, 0.25) is 0 Å². The topological polar surface area (TPSA) is 12.9 Å². The molecule has 0 fully saturated rings. The molecule has 1 heterocycles. The van der Waals surface area contributed by atoms with E-state index in [0.717, 1.165) is 17.5 Å². The van der Waals surface area contributed by atoms with Gasteiger partial charge in [-0.1, -0.05) is 31.2 Å². The highest BCUT2D eigenvalue weighted by atomic mass is 32.1. The Balaban J connectivity index is 2.42. The highest BCUT2D eigenvalue weighted by Crippen LogP contribution is 2.38. The molecule has 1 aromatic heterocycles. The number of halogens is 3. The zero-order valence-corrected chi connectivity index (χ0v) is 10.8. The fourth-order valence-corrected chi connectivity index (χ4v) is 2.53. The van der Waals surface area contributed by atoms with Crippen LogP contribution >= 0.6 is 11.5 Å². The minimum absolute atomic E-state index is 0.205. The zero-order chi connectivity index (χ0) is 13.3. The van der Waals surface area contributed by atoms with Crippen molar-refractivity contribution >= 4 is 11.5 Å². The maximum absolute atomic E-state index is 12.7. The summed E-state index contributed by atoms with van der Waals surface area (Å²) in [6.07, 6.45) is -3.41. The van der Waals surface area contributed by atoms with Gasteiger partial charge in [-0.2, -0.15) is 17.5 Å². The number of alkyl halides is 3. The lowest BCUT2D eigenvalue weighted by atomic mass is 10.0. The van der Waals surface area contributed by atoms with Crippen molar-refractivity contribution in [1.29, 1.82) is 0 Å². The maximum Gasteiger partial charge on any atom is 0.427 e. The first-order chi connectivity index (χ1) is 8.43. The molecule has 0 N–H and O–H groups in total. The quantitative estimate of drug-likeness (QED) is 0.771. The molecule has 18 heavy (non-hydrogen) atoms. The molecule has 2 aromatic rings. The second-order valence-electron chi connectivity index (χ2n) is 4.03. The lowest BCUT2D eigenvalue weighted by Gasteiger charge is -2.05. The predicted molar refractivity (Wildman–Crippen MR) is 66.7 cm³/mol. The van der Waals surface area contributed by atoms with Crippen LogP contribution in [-0.2, 0) is 12.6 Å². The summed E-state index contributed by atoms with van der Waals surface area (Å²) in [7, 11) is 0. The molecule has 1 nitrogen and oxygen atoms in total. The van der Waals surface area contributed by atoms with Gasteiger partial charge in [0.1, 0.15) is 4.88 Å². The molecule has 1 aromatic carbocycles. The molecule has 0 unspecified atom stereocenters. The van der Waals surface area contributed by atoms with Gasteiger partial charge in [0.25, 0.3) is 0 Å². The van der Waals surface area contributed by atoms with Crippen LogP contribution in [0.4, 0.5) is 13.2 Å². The van der Waals surface area contributed by atoms with Crippen molar-refractivity contribution < 1.29 is 13.2 Å². The SMILES string of the molecule is CCc1ccc(-c2nsc(C(F)(F)F)c2C)cc1. The van der Waals surface area contributed by atoms with E-state index >= 15 is 0 Å². The fourth-order valence-electron chi connectivity index (χ4n) is 1.77. The van der Waals surface area contributed by atoms with Crippen LogP contribution in [0.5, 0.6) is 0 Å². The highest BCUT2D eigenvalue weighted by molar-refractivity contribution is 7.06. The monoisotopic (exact) mass is 271 g/mol. The first-order valence-electron chi connectivity index (χ1n) is 5.56. The molecule has 0 bridgehead atoms. The van der Waals surface area contributed by atoms with Crippen molar-refractivity contribution in [3.05, 3.63) is 40.3 Å². The van der Waals surface area contributed by atoms with E-state index in [2.05, 4.69) is 4.37 Å². The number of aryl methyl sites for hydroxylation is 1. The van der Waals surface area contributed by atoms with E-state index < -0.39 is 11.1 Å². The van der Waals surface area contributed by atoms with E-state index in [4.69, 9.17) is 0 Å². The average Bonchev–Trinajstić information content (AvgIpc) is 2.71. The molecule has 0 saturated heterocycles. The van der Waals surface area contributed by atoms with E-state index in [9.17, 15) is 13.2 Å². The summed E-state index contributed by atoms with van der Waals surface area (Å²) >= 11 is 0.513. The second-order valence-corrected chi connectivity index (χ2v) is 4.81. The highest BCUT2D eigenvalue weighted by Gasteiger charge is 2.36. The van der Waals surface area contributed by atoms with Gasteiger partial charge in [-0.25, -0.2) is 0 Å². The predicted octanol–water partition coefficient (Wildman–Crippen LogP) is 4.70. The molecule has 0 atom stereocenters. The van der Waals surface area contributed by atoms with Crippen LogP contribution in [0.15, 0.2) is 24.3 Å². The Morgan fingerprint density at radius 3 is 2.22 bits per heavy atom. The van der Waals surface area contributed by atoms with E-state index in [-0.39, 0.29) is 5.56 Å². The third-order valence-electron chi connectivity index (χ3n) is 2.82. The van der Waals surface area contributed by atoms with Crippen molar-refractivity contribution in [1.82, 2.24) is 4.37 Å². The first kappa shape index (κ1) is 13.1. The lowest BCUT2D eigenvalue weighted by Crippen LogP contribution is -2.03. The number of nitrogens with zero attached hydrogens (tertiary/aromatic N) is 1. The molecule has 0 aliphatic carbocycles. The van der Waals surface area contributed by atoms with Crippen LogP contribution < -0.4 is 0 Å². The fraction of sp³-hybridized carbons (Fsp3) is 0.308. The molecule has 96 valence electrons. The van der Waals surface area contributed by atoms with Crippen LogP contribution in [0.25, 0.3) is 11.3 Å². The summed E-state index contributed by atoms with van der Waals surface area (Å²) in [5.74, 6) is 0. The summed E-state index contributed by atoms with van der Waals surface area (Å²) in [6, 6.07) is 7.48. The minimum atomic E-state index is -4.32. The maximum atomic E-state index is 12.7. The molecule has 2 rings (SSSR count). The molecule has 0 saturated carbocycles. The van der Waals surface area contributed by atoms with Crippen LogP contribution in [0.1, 0.15) is 22.9 Å². The van der Waals surface area contributed by atoms with Crippen molar-refractivity contribution in [2.75, 3.05) is 0 Å². The summed E-state index contributed by atoms with van der Waals surface area (Å²) in [6.45, 7) is 3.50.